The number of esters is 1. The fourth-order valence-corrected chi connectivity index (χ4v) is 2.78. The molecule has 4 rings (SSSR count). The smallest absolute Gasteiger partial charge is 0.358 e. The van der Waals surface area contributed by atoms with Crippen LogP contribution in [0.25, 0.3) is 11.4 Å². The quantitative estimate of drug-likeness (QED) is 0.422. The number of anilines is 2. The number of hydrogen-bond donors (Lipinski definition) is 3. The van der Waals surface area contributed by atoms with Gasteiger partial charge in [-0.1, -0.05) is 36.4 Å². The molecule has 9 heteroatoms. The summed E-state index contributed by atoms with van der Waals surface area (Å²) in [6, 6.07) is 22.1. The van der Waals surface area contributed by atoms with Crippen LogP contribution >= 0.6 is 0 Å². The summed E-state index contributed by atoms with van der Waals surface area (Å²) in [7, 11) is 0. The third-order valence-electron chi connectivity index (χ3n) is 4.17. The lowest BCUT2D eigenvalue weighted by Gasteiger charge is -2.02. The van der Waals surface area contributed by atoms with Gasteiger partial charge in [0.1, 0.15) is 11.6 Å². The molecule has 0 amide bonds. The molecule has 0 atom stereocenters. The number of para-hydroxylation sites is 2. The van der Waals surface area contributed by atoms with Crippen molar-refractivity contribution in [2.45, 2.75) is 13.5 Å². The van der Waals surface area contributed by atoms with Crippen LogP contribution in [0, 0.1) is 0 Å². The van der Waals surface area contributed by atoms with Gasteiger partial charge in [0.25, 0.3) is 0 Å². The van der Waals surface area contributed by atoms with E-state index in [4.69, 9.17) is 21.3 Å². The average molecular weight is 420 g/mol. The number of benzene rings is 2. The number of nitrogen functional groups attached to an aromatic ring is 2. The van der Waals surface area contributed by atoms with E-state index in [9.17, 15) is 4.79 Å². The zero-order chi connectivity index (χ0) is 22.2. The molecule has 0 aliphatic heterocycles. The predicted octanol–water partition coefficient (Wildman–Crippen LogP) is 2.58. The molecule has 0 bridgehead atoms. The summed E-state index contributed by atoms with van der Waals surface area (Å²) in [6.07, 6.45) is 0. The zero-order valence-corrected chi connectivity index (χ0v) is 17.0. The van der Waals surface area contributed by atoms with Gasteiger partial charge in [-0.25, -0.2) is 14.2 Å². The molecule has 9 nitrogen and oxygen atoms in total. The van der Waals surface area contributed by atoms with Crippen LogP contribution in [0.2, 0.25) is 0 Å². The van der Waals surface area contributed by atoms with E-state index in [0.717, 1.165) is 11.4 Å². The molecule has 0 unspecified atom stereocenters. The van der Waals surface area contributed by atoms with Crippen molar-refractivity contribution in [2.24, 2.45) is 0 Å². The highest BCUT2D eigenvalue weighted by molar-refractivity contribution is 5.88. The fourth-order valence-electron chi connectivity index (χ4n) is 2.78. The Morgan fingerprint density at radius 3 is 1.90 bits per heavy atom. The van der Waals surface area contributed by atoms with E-state index in [-0.39, 0.29) is 12.3 Å². The first-order chi connectivity index (χ1) is 15.0. The van der Waals surface area contributed by atoms with Crippen molar-refractivity contribution < 1.29 is 14.6 Å². The number of rotatable bonds is 5. The first kappa shape index (κ1) is 21.6. The van der Waals surface area contributed by atoms with Gasteiger partial charge in [-0.15, -0.1) is 0 Å². The normalized spacial score (nSPS) is 10.3. The van der Waals surface area contributed by atoms with Crippen LogP contribution in [-0.4, -0.2) is 37.2 Å². The van der Waals surface area contributed by atoms with E-state index < -0.39 is 5.97 Å². The summed E-state index contributed by atoms with van der Waals surface area (Å²) in [4.78, 5) is 11.5. The molecule has 2 heterocycles. The summed E-state index contributed by atoms with van der Waals surface area (Å²) >= 11 is 0. The van der Waals surface area contributed by atoms with Crippen LogP contribution in [0.1, 0.15) is 23.1 Å². The van der Waals surface area contributed by atoms with Gasteiger partial charge in [0.2, 0.25) is 0 Å². The molecule has 2 aromatic carbocycles. The summed E-state index contributed by atoms with van der Waals surface area (Å²) in [6.45, 7) is 1.97. The number of aliphatic hydroxyl groups excluding tert-OH is 1. The third-order valence-corrected chi connectivity index (χ3v) is 4.17. The standard InChI is InChI=1S/C12H13N3O2.C10H11N3O/c1-2-17-12(16)10-8-11(13)15(14-10)9-6-4-3-5-7-9;11-10-6-8(7-14)12-13(10)9-4-2-1-3-5-9/h3-8H,2,13H2,1H3;1-6,14H,7,11H2. The highest BCUT2D eigenvalue weighted by Crippen LogP contribution is 2.15. The second-order valence-corrected chi connectivity index (χ2v) is 6.39. The molecular formula is C22H24N6O3. The Labute approximate surface area is 179 Å². The van der Waals surface area contributed by atoms with Crippen molar-refractivity contribution in [3.8, 4) is 11.4 Å². The van der Waals surface area contributed by atoms with E-state index >= 15 is 0 Å². The summed E-state index contributed by atoms with van der Waals surface area (Å²) in [5.74, 6) is 0.466. The molecule has 5 N–H and O–H groups in total. The molecule has 0 fully saturated rings. The van der Waals surface area contributed by atoms with E-state index in [0.29, 0.717) is 23.9 Å². The van der Waals surface area contributed by atoms with Gasteiger partial charge in [0, 0.05) is 12.1 Å². The lowest BCUT2D eigenvalue weighted by atomic mass is 10.3. The van der Waals surface area contributed by atoms with Crippen LogP contribution in [0.5, 0.6) is 0 Å². The second-order valence-electron chi connectivity index (χ2n) is 6.39. The number of carbonyl (C=O) groups excluding carboxylic acids is 1. The Bertz CT molecular complexity index is 1120. The van der Waals surface area contributed by atoms with Crippen molar-refractivity contribution in [2.75, 3.05) is 18.1 Å². The zero-order valence-electron chi connectivity index (χ0n) is 17.0. The monoisotopic (exact) mass is 420 g/mol. The first-order valence-corrected chi connectivity index (χ1v) is 9.62. The molecule has 0 radical (unpaired) electrons. The van der Waals surface area contributed by atoms with Crippen LogP contribution in [0.4, 0.5) is 11.6 Å². The van der Waals surface area contributed by atoms with Gasteiger partial charge in [-0.3, -0.25) is 0 Å². The Balaban J connectivity index is 0.000000179. The van der Waals surface area contributed by atoms with Crippen molar-refractivity contribution >= 4 is 17.6 Å². The van der Waals surface area contributed by atoms with Gasteiger partial charge in [0.05, 0.1) is 30.3 Å². The van der Waals surface area contributed by atoms with E-state index in [1.807, 2.05) is 60.7 Å². The molecule has 160 valence electrons. The molecule has 0 aliphatic rings. The highest BCUT2D eigenvalue weighted by Gasteiger charge is 2.14. The molecule has 0 spiro atoms. The summed E-state index contributed by atoms with van der Waals surface area (Å²) < 4.78 is 7.97. The maximum Gasteiger partial charge on any atom is 0.358 e. The Hall–Kier alpha value is -4.11. The highest BCUT2D eigenvalue weighted by atomic mass is 16.5. The van der Waals surface area contributed by atoms with E-state index in [1.54, 1.807) is 17.7 Å². The number of ether oxygens (including phenoxy) is 1. The fraction of sp³-hybridized carbons (Fsp3) is 0.136. The van der Waals surface area contributed by atoms with Crippen LogP contribution < -0.4 is 11.5 Å². The maximum atomic E-state index is 11.5. The van der Waals surface area contributed by atoms with E-state index in [1.165, 1.54) is 10.7 Å². The SMILES string of the molecule is CCOC(=O)c1cc(N)n(-c2ccccc2)n1.Nc1cc(CO)nn1-c1ccccc1. The Morgan fingerprint density at radius 2 is 1.42 bits per heavy atom. The van der Waals surface area contributed by atoms with Gasteiger partial charge >= 0.3 is 5.97 Å². The summed E-state index contributed by atoms with van der Waals surface area (Å²) in [5, 5.41) is 17.1. The predicted molar refractivity (Wildman–Crippen MR) is 118 cm³/mol. The van der Waals surface area contributed by atoms with E-state index in [2.05, 4.69) is 10.2 Å². The average Bonchev–Trinajstić information content (AvgIpc) is 3.38. The Morgan fingerprint density at radius 1 is 0.903 bits per heavy atom. The number of carbonyl (C=O) groups is 1. The lowest BCUT2D eigenvalue weighted by Crippen LogP contribution is -2.07. The number of hydrogen-bond acceptors (Lipinski definition) is 7. The van der Waals surface area contributed by atoms with Crippen molar-refractivity contribution in [1.82, 2.24) is 19.6 Å². The number of aliphatic hydroxyl groups is 1. The minimum absolute atomic E-state index is 0.0932. The van der Waals surface area contributed by atoms with Crippen molar-refractivity contribution in [1.29, 1.82) is 0 Å². The maximum absolute atomic E-state index is 11.5. The number of nitrogens with zero attached hydrogens (tertiary/aromatic N) is 4. The molecule has 0 saturated carbocycles. The van der Waals surface area contributed by atoms with Gasteiger partial charge in [-0.05, 0) is 31.2 Å². The van der Waals surface area contributed by atoms with Crippen LogP contribution in [-0.2, 0) is 11.3 Å². The third kappa shape index (κ3) is 5.28. The van der Waals surface area contributed by atoms with Gasteiger partial charge in [0.15, 0.2) is 5.69 Å². The number of aromatic nitrogens is 4. The molecule has 2 aromatic heterocycles. The summed E-state index contributed by atoms with van der Waals surface area (Å²) in [5.41, 5.74) is 14.0. The molecule has 31 heavy (non-hydrogen) atoms. The Kier molecular flexibility index (Phi) is 7.02. The van der Waals surface area contributed by atoms with Crippen molar-refractivity contribution in [3.63, 3.8) is 0 Å². The molecule has 0 saturated heterocycles. The minimum Gasteiger partial charge on any atom is -0.461 e. The molecule has 4 aromatic rings. The van der Waals surface area contributed by atoms with Crippen LogP contribution in [0.15, 0.2) is 72.8 Å². The molecule has 0 aliphatic carbocycles. The van der Waals surface area contributed by atoms with Gasteiger partial charge < -0.3 is 21.3 Å². The largest absolute Gasteiger partial charge is 0.461 e. The lowest BCUT2D eigenvalue weighted by molar-refractivity contribution is 0.0519. The van der Waals surface area contributed by atoms with Crippen molar-refractivity contribution in [3.05, 3.63) is 84.2 Å². The minimum atomic E-state index is -0.464. The first-order valence-electron chi connectivity index (χ1n) is 9.62. The van der Waals surface area contributed by atoms with Crippen LogP contribution in [0.3, 0.4) is 0 Å². The second kappa shape index (κ2) is 10.1. The number of nitrogens with two attached hydrogens (primary N) is 2. The molecular weight excluding hydrogens is 396 g/mol. The van der Waals surface area contributed by atoms with Gasteiger partial charge in [-0.2, -0.15) is 10.2 Å². The topological polar surface area (TPSA) is 134 Å².